The number of hydrogen-bond donors (Lipinski definition) is 0. The van der Waals surface area contributed by atoms with E-state index in [0.29, 0.717) is 35.7 Å². The zero-order valence-electron chi connectivity index (χ0n) is 15.9. The van der Waals surface area contributed by atoms with Crippen molar-refractivity contribution in [1.29, 1.82) is 5.26 Å². The molecule has 0 saturated heterocycles. The molecule has 0 unspecified atom stereocenters. The van der Waals surface area contributed by atoms with E-state index in [4.69, 9.17) is 21.6 Å². The van der Waals surface area contributed by atoms with Crippen LogP contribution >= 0.6 is 11.6 Å². The van der Waals surface area contributed by atoms with Crippen molar-refractivity contribution in [2.45, 2.75) is 50.5 Å². The lowest BCUT2D eigenvalue weighted by Crippen LogP contribution is -2.62. The number of ether oxygens (including phenoxy) is 1. The van der Waals surface area contributed by atoms with Crippen LogP contribution in [0.2, 0.25) is 5.02 Å². The van der Waals surface area contributed by atoms with E-state index in [1.54, 1.807) is 24.3 Å². The molecule has 4 saturated carbocycles. The lowest BCUT2D eigenvalue weighted by atomic mass is 9.52. The van der Waals surface area contributed by atoms with Crippen molar-refractivity contribution in [3.05, 3.63) is 34.9 Å². The van der Waals surface area contributed by atoms with E-state index in [1.807, 2.05) is 4.90 Å². The predicted octanol–water partition coefficient (Wildman–Crippen LogP) is 4.21. The van der Waals surface area contributed by atoms with Crippen LogP contribution in [0.1, 0.15) is 55.3 Å². The van der Waals surface area contributed by atoms with Crippen LogP contribution in [0.4, 0.5) is 0 Å². The maximum Gasteiger partial charge on any atom is 0.340 e. The number of esters is 1. The molecule has 4 bridgehead atoms. The molecule has 1 amide bonds. The number of carbonyl (C=O) groups excluding carboxylic acids is 2. The second kappa shape index (κ2) is 7.75. The fraction of sp³-hybridized carbons (Fsp3) is 0.591. The van der Waals surface area contributed by atoms with Gasteiger partial charge < -0.3 is 9.64 Å². The largest absolute Gasteiger partial charge is 0.452 e. The Labute approximate surface area is 170 Å². The van der Waals surface area contributed by atoms with Gasteiger partial charge in [0.25, 0.3) is 5.91 Å². The monoisotopic (exact) mass is 400 g/mol. The van der Waals surface area contributed by atoms with Crippen LogP contribution in [0.3, 0.4) is 0 Å². The van der Waals surface area contributed by atoms with Crippen molar-refractivity contribution in [2.24, 2.45) is 17.8 Å². The number of rotatable bonds is 6. The van der Waals surface area contributed by atoms with Crippen molar-refractivity contribution in [1.82, 2.24) is 4.90 Å². The summed E-state index contributed by atoms with van der Waals surface area (Å²) in [5, 5.41) is 9.40. The molecule has 1 aromatic carbocycles. The molecule has 4 aliphatic carbocycles. The Balaban J connectivity index is 1.47. The van der Waals surface area contributed by atoms with Gasteiger partial charge in [-0.25, -0.2) is 4.79 Å². The SMILES string of the molecule is N#CCCN(C(=O)COC(=O)c1ccccc1Cl)C12CC3CC(CC(C3)C1)C2. The van der Waals surface area contributed by atoms with Crippen LogP contribution in [0, 0.1) is 29.1 Å². The summed E-state index contributed by atoms with van der Waals surface area (Å²) in [5.74, 6) is 1.28. The normalized spacial score (nSPS) is 29.9. The van der Waals surface area contributed by atoms with Crippen molar-refractivity contribution in [3.63, 3.8) is 0 Å². The molecule has 6 heteroatoms. The lowest BCUT2D eigenvalue weighted by Gasteiger charge is -2.60. The highest BCUT2D eigenvalue weighted by atomic mass is 35.5. The molecule has 1 aromatic rings. The second-order valence-electron chi connectivity index (χ2n) is 8.65. The minimum atomic E-state index is -0.593. The summed E-state index contributed by atoms with van der Waals surface area (Å²) in [4.78, 5) is 27.3. The van der Waals surface area contributed by atoms with Crippen molar-refractivity contribution in [3.8, 4) is 6.07 Å². The van der Waals surface area contributed by atoms with E-state index < -0.39 is 5.97 Å². The van der Waals surface area contributed by atoms with Gasteiger partial charge in [-0.3, -0.25) is 4.79 Å². The van der Waals surface area contributed by atoms with Gasteiger partial charge >= 0.3 is 5.97 Å². The fourth-order valence-corrected chi connectivity index (χ4v) is 6.31. The number of amides is 1. The Morgan fingerprint density at radius 1 is 1.14 bits per heavy atom. The maximum absolute atomic E-state index is 13.1. The molecule has 28 heavy (non-hydrogen) atoms. The summed E-state index contributed by atoms with van der Waals surface area (Å²) in [5.41, 5.74) is 0.106. The average Bonchev–Trinajstić information content (AvgIpc) is 2.65. The molecule has 0 aromatic heterocycles. The van der Waals surface area contributed by atoms with Gasteiger partial charge in [0.05, 0.1) is 23.1 Å². The molecule has 4 fully saturated rings. The average molecular weight is 401 g/mol. The molecule has 5 nitrogen and oxygen atoms in total. The Morgan fingerprint density at radius 3 is 2.32 bits per heavy atom. The third-order valence-corrected chi connectivity index (χ3v) is 7.08. The van der Waals surface area contributed by atoms with Gasteiger partial charge in [-0.2, -0.15) is 5.26 Å². The van der Waals surface area contributed by atoms with E-state index >= 15 is 0 Å². The first-order valence-electron chi connectivity index (χ1n) is 10.1. The number of nitrogens with zero attached hydrogens (tertiary/aromatic N) is 2. The molecule has 0 radical (unpaired) electrons. The Kier molecular flexibility index (Phi) is 5.33. The third-order valence-electron chi connectivity index (χ3n) is 6.75. The van der Waals surface area contributed by atoms with E-state index in [-0.39, 0.29) is 23.6 Å². The third kappa shape index (κ3) is 3.63. The van der Waals surface area contributed by atoms with Gasteiger partial charge in [0.1, 0.15) is 0 Å². The van der Waals surface area contributed by atoms with Gasteiger partial charge in [0.15, 0.2) is 6.61 Å². The highest BCUT2D eigenvalue weighted by Crippen LogP contribution is 2.57. The van der Waals surface area contributed by atoms with Gasteiger partial charge in [0, 0.05) is 12.1 Å². The number of carbonyl (C=O) groups is 2. The van der Waals surface area contributed by atoms with E-state index in [9.17, 15) is 9.59 Å². The van der Waals surface area contributed by atoms with Crippen molar-refractivity contribution < 1.29 is 14.3 Å². The van der Waals surface area contributed by atoms with Gasteiger partial charge in [-0.15, -0.1) is 0 Å². The second-order valence-corrected chi connectivity index (χ2v) is 9.06. The molecule has 0 N–H and O–H groups in total. The highest BCUT2D eigenvalue weighted by molar-refractivity contribution is 6.33. The van der Waals surface area contributed by atoms with E-state index in [0.717, 1.165) is 19.3 Å². The minimum absolute atomic E-state index is 0.153. The standard InChI is InChI=1S/C22H25ClN2O3/c23-19-5-2-1-4-18(19)21(27)28-14-20(26)25(7-3-6-24)22-11-15-8-16(12-22)10-17(9-15)13-22/h1-2,4-5,15-17H,3,7-14H2. The van der Waals surface area contributed by atoms with Crippen molar-refractivity contribution >= 4 is 23.5 Å². The fourth-order valence-electron chi connectivity index (χ4n) is 6.09. The van der Waals surface area contributed by atoms with Gasteiger partial charge in [-0.1, -0.05) is 23.7 Å². The zero-order valence-corrected chi connectivity index (χ0v) is 16.7. The number of halogens is 1. The number of benzene rings is 1. The van der Waals surface area contributed by atoms with Crippen LogP contribution in [0.15, 0.2) is 24.3 Å². The summed E-state index contributed by atoms with van der Waals surface area (Å²) in [6, 6.07) is 8.81. The Bertz CT molecular complexity index is 781. The molecule has 0 atom stereocenters. The van der Waals surface area contributed by atoms with Crippen LogP contribution in [-0.2, 0) is 9.53 Å². The summed E-state index contributed by atoms with van der Waals surface area (Å²) >= 11 is 6.04. The smallest absolute Gasteiger partial charge is 0.340 e. The van der Waals surface area contributed by atoms with Crippen LogP contribution in [0.5, 0.6) is 0 Å². The first kappa shape index (κ1) is 19.3. The Morgan fingerprint density at radius 2 is 1.75 bits per heavy atom. The van der Waals surface area contributed by atoms with Crippen molar-refractivity contribution in [2.75, 3.05) is 13.2 Å². The molecule has 5 rings (SSSR count). The first-order chi connectivity index (χ1) is 13.5. The van der Waals surface area contributed by atoms with Crippen LogP contribution in [-0.4, -0.2) is 35.5 Å². The summed E-state index contributed by atoms with van der Waals surface area (Å²) in [7, 11) is 0. The highest BCUT2D eigenvalue weighted by Gasteiger charge is 2.54. The summed E-state index contributed by atoms with van der Waals surface area (Å²) in [6.45, 7) is 0.0996. The molecule has 4 aliphatic rings. The zero-order chi connectivity index (χ0) is 19.7. The molecular formula is C22H25ClN2O3. The number of hydrogen-bond acceptors (Lipinski definition) is 4. The molecule has 0 aliphatic heterocycles. The van der Waals surface area contributed by atoms with E-state index in [2.05, 4.69) is 6.07 Å². The minimum Gasteiger partial charge on any atom is -0.452 e. The quantitative estimate of drug-likeness (QED) is 0.670. The maximum atomic E-state index is 13.1. The molecule has 148 valence electrons. The van der Waals surface area contributed by atoms with Crippen LogP contribution in [0.25, 0.3) is 0 Å². The molecular weight excluding hydrogens is 376 g/mol. The van der Waals surface area contributed by atoms with E-state index in [1.165, 1.54) is 19.3 Å². The molecule has 0 spiro atoms. The molecule has 0 heterocycles. The summed E-state index contributed by atoms with van der Waals surface area (Å²) < 4.78 is 5.30. The lowest BCUT2D eigenvalue weighted by molar-refractivity contribution is -0.153. The summed E-state index contributed by atoms with van der Waals surface area (Å²) in [6.07, 6.45) is 7.20. The Hall–Kier alpha value is -2.06. The van der Waals surface area contributed by atoms with Gasteiger partial charge in [-0.05, 0) is 68.4 Å². The predicted molar refractivity (Wildman–Crippen MR) is 105 cm³/mol. The van der Waals surface area contributed by atoms with Crippen LogP contribution < -0.4 is 0 Å². The number of nitriles is 1. The first-order valence-corrected chi connectivity index (χ1v) is 10.5. The topological polar surface area (TPSA) is 70.4 Å². The van der Waals surface area contributed by atoms with Gasteiger partial charge in [0.2, 0.25) is 0 Å².